The molecule has 4 nitrogen and oxygen atoms in total. The lowest BCUT2D eigenvalue weighted by Gasteiger charge is -2.02. The zero-order valence-corrected chi connectivity index (χ0v) is 10.6. The Balaban J connectivity index is 1.80. The number of aliphatic carboxylic acids is 1. The molecule has 0 aliphatic rings. The van der Waals surface area contributed by atoms with Gasteiger partial charge in [-0.25, -0.2) is 0 Å². The summed E-state index contributed by atoms with van der Waals surface area (Å²) >= 11 is 1.54. The highest BCUT2D eigenvalue weighted by Crippen LogP contribution is 2.16. The molecule has 0 aliphatic carbocycles. The molecule has 0 unspecified atom stereocenters. The third kappa shape index (κ3) is 3.94. The Morgan fingerprint density at radius 1 is 1.17 bits per heavy atom. The largest absolute Gasteiger partial charge is 0.481 e. The van der Waals surface area contributed by atoms with Gasteiger partial charge in [0.2, 0.25) is 0 Å². The first kappa shape index (κ1) is 12.7. The van der Waals surface area contributed by atoms with Crippen LogP contribution in [0.2, 0.25) is 0 Å². The van der Waals surface area contributed by atoms with Crippen molar-refractivity contribution >= 4 is 17.3 Å². The minimum absolute atomic E-state index is 0.106. The molecule has 0 fully saturated rings. The number of pyridine rings is 1. The zero-order chi connectivity index (χ0) is 12.8. The van der Waals surface area contributed by atoms with E-state index >= 15 is 0 Å². The Morgan fingerprint density at radius 3 is 2.61 bits per heavy atom. The van der Waals surface area contributed by atoms with Crippen molar-refractivity contribution in [2.75, 3.05) is 0 Å². The Labute approximate surface area is 109 Å². The number of nitrogens with one attached hydrogen (secondary N) is 1. The summed E-state index contributed by atoms with van der Waals surface area (Å²) in [7, 11) is 0. The summed E-state index contributed by atoms with van der Waals surface area (Å²) < 4.78 is 0. The van der Waals surface area contributed by atoms with E-state index in [1.54, 1.807) is 23.7 Å². The Kier molecular flexibility index (Phi) is 4.44. The van der Waals surface area contributed by atoms with Crippen LogP contribution in [0, 0.1) is 0 Å². The van der Waals surface area contributed by atoms with E-state index in [2.05, 4.69) is 10.3 Å². The number of carboxylic acid groups (broad SMARTS) is 1. The molecule has 0 saturated heterocycles. The van der Waals surface area contributed by atoms with Gasteiger partial charge in [-0.15, -0.1) is 11.3 Å². The predicted molar refractivity (Wildman–Crippen MR) is 70.4 cm³/mol. The van der Waals surface area contributed by atoms with Gasteiger partial charge in [0.15, 0.2) is 0 Å². The number of nitrogens with zero attached hydrogens (tertiary/aromatic N) is 1. The summed E-state index contributed by atoms with van der Waals surface area (Å²) in [6.07, 6.45) is 3.65. The lowest BCUT2D eigenvalue weighted by Crippen LogP contribution is -2.11. The van der Waals surface area contributed by atoms with Crippen molar-refractivity contribution in [3.63, 3.8) is 0 Å². The Bertz CT molecular complexity index is 511. The van der Waals surface area contributed by atoms with E-state index < -0.39 is 5.97 Å². The van der Waals surface area contributed by atoms with Gasteiger partial charge in [-0.1, -0.05) is 0 Å². The maximum atomic E-state index is 10.6. The summed E-state index contributed by atoms with van der Waals surface area (Å²) in [4.78, 5) is 16.6. The number of carboxylic acids is 1. The molecular formula is C13H14N2O2S. The third-order valence-electron chi connectivity index (χ3n) is 2.42. The first-order valence-electron chi connectivity index (χ1n) is 5.63. The highest BCUT2D eigenvalue weighted by atomic mass is 32.1. The van der Waals surface area contributed by atoms with Gasteiger partial charge in [-0.05, 0) is 29.8 Å². The summed E-state index contributed by atoms with van der Waals surface area (Å²) in [5.74, 6) is -0.784. The number of aromatic nitrogens is 1. The van der Waals surface area contributed by atoms with Crippen LogP contribution in [0.4, 0.5) is 0 Å². The summed E-state index contributed by atoms with van der Waals surface area (Å²) in [5.41, 5.74) is 1.19. The minimum atomic E-state index is -0.784. The molecule has 0 saturated carbocycles. The van der Waals surface area contributed by atoms with Crippen molar-refractivity contribution in [2.24, 2.45) is 0 Å². The van der Waals surface area contributed by atoms with Gasteiger partial charge in [0.25, 0.3) is 0 Å². The highest BCUT2D eigenvalue weighted by Gasteiger charge is 2.04. The third-order valence-corrected chi connectivity index (χ3v) is 3.51. The van der Waals surface area contributed by atoms with E-state index in [1.807, 2.05) is 24.3 Å². The molecule has 0 aromatic carbocycles. The molecule has 0 spiro atoms. The molecule has 0 atom stereocenters. The van der Waals surface area contributed by atoms with Crippen LogP contribution in [0.3, 0.4) is 0 Å². The number of hydrogen-bond donors (Lipinski definition) is 2. The molecule has 0 amide bonds. The van der Waals surface area contributed by atoms with E-state index in [0.29, 0.717) is 0 Å². The van der Waals surface area contributed by atoms with Crippen molar-refractivity contribution in [2.45, 2.75) is 19.5 Å². The van der Waals surface area contributed by atoms with Crippen molar-refractivity contribution in [3.8, 4) is 0 Å². The SMILES string of the molecule is O=C(O)Cc1ccc(CNCc2ccncc2)s1. The topological polar surface area (TPSA) is 62.2 Å². The first-order chi connectivity index (χ1) is 8.74. The molecule has 18 heavy (non-hydrogen) atoms. The van der Waals surface area contributed by atoms with Crippen molar-refractivity contribution in [1.29, 1.82) is 0 Å². The van der Waals surface area contributed by atoms with Crippen LogP contribution in [0.25, 0.3) is 0 Å². The smallest absolute Gasteiger partial charge is 0.308 e. The van der Waals surface area contributed by atoms with E-state index in [-0.39, 0.29) is 6.42 Å². The maximum Gasteiger partial charge on any atom is 0.308 e. The fraction of sp³-hybridized carbons (Fsp3) is 0.231. The van der Waals surface area contributed by atoms with Crippen LogP contribution in [0.15, 0.2) is 36.7 Å². The number of thiophene rings is 1. The van der Waals surface area contributed by atoms with Gasteiger partial charge in [0.05, 0.1) is 6.42 Å². The fourth-order valence-corrected chi connectivity index (χ4v) is 2.57. The van der Waals surface area contributed by atoms with Crippen molar-refractivity contribution < 1.29 is 9.90 Å². The highest BCUT2D eigenvalue weighted by molar-refractivity contribution is 7.12. The average Bonchev–Trinajstić information content (AvgIpc) is 2.77. The van der Waals surface area contributed by atoms with Crippen LogP contribution in [0.1, 0.15) is 15.3 Å². The van der Waals surface area contributed by atoms with Crippen LogP contribution in [-0.4, -0.2) is 16.1 Å². The van der Waals surface area contributed by atoms with E-state index in [9.17, 15) is 4.79 Å². The summed E-state index contributed by atoms with van der Waals surface area (Å²) in [5, 5.41) is 12.0. The predicted octanol–water partition coefficient (Wildman–Crippen LogP) is 2.06. The molecule has 0 radical (unpaired) electrons. The maximum absolute atomic E-state index is 10.6. The van der Waals surface area contributed by atoms with Gasteiger partial charge >= 0.3 is 5.97 Å². The van der Waals surface area contributed by atoms with E-state index in [0.717, 1.165) is 22.8 Å². The van der Waals surface area contributed by atoms with Gasteiger partial charge in [-0.2, -0.15) is 0 Å². The number of rotatable bonds is 6. The van der Waals surface area contributed by atoms with E-state index in [1.165, 1.54) is 5.56 Å². The zero-order valence-electron chi connectivity index (χ0n) is 9.80. The molecule has 5 heteroatoms. The second-order valence-corrected chi connectivity index (χ2v) is 5.15. The minimum Gasteiger partial charge on any atom is -0.481 e. The lowest BCUT2D eigenvalue weighted by atomic mass is 10.3. The Hall–Kier alpha value is -1.72. The Morgan fingerprint density at radius 2 is 1.89 bits per heavy atom. The lowest BCUT2D eigenvalue weighted by molar-refractivity contribution is -0.136. The molecular weight excluding hydrogens is 248 g/mol. The molecule has 94 valence electrons. The fourth-order valence-electron chi connectivity index (χ4n) is 1.59. The standard InChI is InChI=1S/C13H14N2O2S/c16-13(17)7-11-1-2-12(18-11)9-15-8-10-3-5-14-6-4-10/h1-6,15H,7-9H2,(H,16,17). The van der Waals surface area contributed by atoms with Gasteiger partial charge in [0.1, 0.15) is 0 Å². The molecule has 2 heterocycles. The molecule has 2 aromatic rings. The van der Waals surface area contributed by atoms with Crippen molar-refractivity contribution in [3.05, 3.63) is 52.0 Å². The van der Waals surface area contributed by atoms with Gasteiger partial charge < -0.3 is 10.4 Å². The first-order valence-corrected chi connectivity index (χ1v) is 6.44. The summed E-state index contributed by atoms with van der Waals surface area (Å²) in [6, 6.07) is 7.79. The average molecular weight is 262 g/mol. The molecule has 0 aliphatic heterocycles. The second kappa shape index (κ2) is 6.28. The van der Waals surface area contributed by atoms with Crippen LogP contribution < -0.4 is 5.32 Å². The normalized spacial score (nSPS) is 10.4. The molecule has 0 bridgehead atoms. The molecule has 2 aromatic heterocycles. The molecule has 2 N–H and O–H groups in total. The number of carbonyl (C=O) groups is 1. The van der Waals surface area contributed by atoms with Crippen LogP contribution in [0.5, 0.6) is 0 Å². The van der Waals surface area contributed by atoms with Crippen LogP contribution in [-0.2, 0) is 24.3 Å². The van der Waals surface area contributed by atoms with Gasteiger partial charge in [-0.3, -0.25) is 9.78 Å². The van der Waals surface area contributed by atoms with E-state index in [4.69, 9.17) is 5.11 Å². The second-order valence-electron chi connectivity index (χ2n) is 3.90. The van der Waals surface area contributed by atoms with Gasteiger partial charge in [0, 0.05) is 35.2 Å². The quantitative estimate of drug-likeness (QED) is 0.836. The monoisotopic (exact) mass is 262 g/mol. The number of hydrogen-bond acceptors (Lipinski definition) is 4. The van der Waals surface area contributed by atoms with Crippen LogP contribution >= 0.6 is 11.3 Å². The summed E-state index contributed by atoms with van der Waals surface area (Å²) in [6.45, 7) is 1.54. The van der Waals surface area contributed by atoms with Crippen molar-refractivity contribution in [1.82, 2.24) is 10.3 Å². The molecule has 2 rings (SSSR count).